The van der Waals surface area contributed by atoms with Gasteiger partial charge in [0.25, 0.3) is 5.91 Å². The number of nitrogens with one attached hydrogen (secondary N) is 2. The number of carbonyl (C=O) groups excluding carboxylic acids is 1. The molecular formula is C19H18F3N3OS. The van der Waals surface area contributed by atoms with Crippen molar-refractivity contribution in [3.8, 4) is 0 Å². The molecule has 0 aromatic heterocycles. The third-order valence-electron chi connectivity index (χ3n) is 4.23. The van der Waals surface area contributed by atoms with Gasteiger partial charge in [-0.3, -0.25) is 4.79 Å². The third-order valence-corrected chi connectivity index (χ3v) is 4.43. The van der Waals surface area contributed by atoms with Gasteiger partial charge in [0.2, 0.25) is 0 Å². The lowest BCUT2D eigenvalue weighted by molar-refractivity contribution is -0.137. The maximum absolute atomic E-state index is 12.8. The largest absolute Gasteiger partial charge is 0.416 e. The molecule has 8 heteroatoms. The van der Waals surface area contributed by atoms with E-state index >= 15 is 0 Å². The molecule has 0 saturated carbocycles. The van der Waals surface area contributed by atoms with E-state index in [1.165, 1.54) is 12.1 Å². The smallest absolute Gasteiger partial charge is 0.339 e. The molecule has 27 heavy (non-hydrogen) atoms. The van der Waals surface area contributed by atoms with Crippen molar-refractivity contribution in [2.75, 3.05) is 23.7 Å². The highest BCUT2D eigenvalue weighted by Gasteiger charge is 2.30. The first-order valence-corrected chi connectivity index (χ1v) is 8.88. The average molecular weight is 393 g/mol. The molecule has 1 saturated heterocycles. The van der Waals surface area contributed by atoms with Crippen LogP contribution in [-0.2, 0) is 6.18 Å². The van der Waals surface area contributed by atoms with Crippen LogP contribution in [0.5, 0.6) is 0 Å². The van der Waals surface area contributed by atoms with E-state index in [9.17, 15) is 18.0 Å². The second kappa shape index (κ2) is 7.96. The van der Waals surface area contributed by atoms with Gasteiger partial charge in [0, 0.05) is 30.0 Å². The van der Waals surface area contributed by atoms with Crippen LogP contribution in [0.3, 0.4) is 0 Å². The molecular weight excluding hydrogens is 375 g/mol. The first kappa shape index (κ1) is 19.2. The van der Waals surface area contributed by atoms with Crippen LogP contribution in [0.2, 0.25) is 0 Å². The molecule has 2 aromatic carbocycles. The quantitative estimate of drug-likeness (QED) is 0.739. The van der Waals surface area contributed by atoms with Gasteiger partial charge in [-0.25, -0.2) is 0 Å². The Labute approximate surface area is 160 Å². The number of alkyl halides is 3. The summed E-state index contributed by atoms with van der Waals surface area (Å²) in [5.74, 6) is 0.00344. The molecule has 1 heterocycles. The number of carbonyl (C=O) groups is 1. The zero-order valence-electron chi connectivity index (χ0n) is 14.3. The number of rotatable bonds is 3. The van der Waals surface area contributed by atoms with E-state index in [1.54, 1.807) is 24.3 Å². The molecule has 1 fully saturated rings. The van der Waals surface area contributed by atoms with E-state index in [0.717, 1.165) is 38.1 Å². The minimum atomic E-state index is -4.41. The van der Waals surface area contributed by atoms with Crippen LogP contribution in [0.4, 0.5) is 24.5 Å². The fraction of sp³-hybridized carbons (Fsp3) is 0.263. The van der Waals surface area contributed by atoms with Crippen LogP contribution in [0.25, 0.3) is 0 Å². The molecule has 142 valence electrons. The van der Waals surface area contributed by atoms with E-state index in [0.29, 0.717) is 11.3 Å². The predicted octanol–water partition coefficient (Wildman–Crippen LogP) is 4.75. The van der Waals surface area contributed by atoms with Crippen LogP contribution in [0, 0.1) is 0 Å². The summed E-state index contributed by atoms with van der Waals surface area (Å²) >= 11 is 5.15. The van der Waals surface area contributed by atoms with Crippen LogP contribution < -0.4 is 10.6 Å². The molecule has 0 radical (unpaired) electrons. The number of likely N-dealkylation sites (tertiary alicyclic amines) is 1. The molecule has 0 bridgehead atoms. The van der Waals surface area contributed by atoms with Crippen LogP contribution in [0.15, 0.2) is 48.5 Å². The van der Waals surface area contributed by atoms with Crippen molar-refractivity contribution >= 4 is 34.6 Å². The summed E-state index contributed by atoms with van der Waals surface area (Å²) < 4.78 is 38.3. The van der Waals surface area contributed by atoms with Gasteiger partial charge in [0.05, 0.1) is 5.56 Å². The highest BCUT2D eigenvalue weighted by Crippen LogP contribution is 2.30. The van der Waals surface area contributed by atoms with Crippen molar-refractivity contribution in [2.24, 2.45) is 0 Å². The van der Waals surface area contributed by atoms with Gasteiger partial charge in [-0.15, -0.1) is 0 Å². The van der Waals surface area contributed by atoms with Crippen molar-refractivity contribution < 1.29 is 18.0 Å². The monoisotopic (exact) mass is 393 g/mol. The molecule has 4 nitrogen and oxygen atoms in total. The predicted molar refractivity (Wildman–Crippen MR) is 103 cm³/mol. The number of anilines is 2. The number of amides is 1. The first-order valence-electron chi connectivity index (χ1n) is 8.47. The molecule has 0 spiro atoms. The zero-order chi connectivity index (χ0) is 19.4. The zero-order valence-corrected chi connectivity index (χ0v) is 15.2. The molecule has 1 aliphatic rings. The Morgan fingerprint density at radius 2 is 1.59 bits per heavy atom. The van der Waals surface area contributed by atoms with Crippen molar-refractivity contribution in [3.05, 3.63) is 59.7 Å². The van der Waals surface area contributed by atoms with Crippen LogP contribution in [0.1, 0.15) is 28.8 Å². The molecule has 0 atom stereocenters. The molecule has 2 aromatic rings. The van der Waals surface area contributed by atoms with Crippen molar-refractivity contribution in [1.29, 1.82) is 0 Å². The van der Waals surface area contributed by atoms with Crippen LogP contribution >= 0.6 is 12.2 Å². The van der Waals surface area contributed by atoms with Gasteiger partial charge in [-0.2, -0.15) is 13.2 Å². The number of nitrogens with zero attached hydrogens (tertiary/aromatic N) is 1. The number of halogens is 3. The Bertz CT molecular complexity index is 831. The molecule has 2 N–H and O–H groups in total. The van der Waals surface area contributed by atoms with E-state index in [2.05, 4.69) is 10.6 Å². The summed E-state index contributed by atoms with van der Waals surface area (Å²) in [7, 11) is 0. The van der Waals surface area contributed by atoms with Gasteiger partial charge in [0.15, 0.2) is 5.11 Å². The Hall–Kier alpha value is -2.61. The normalized spacial score (nSPS) is 14.1. The number of hydrogen-bond donors (Lipinski definition) is 2. The summed E-state index contributed by atoms with van der Waals surface area (Å²) in [6, 6.07) is 11.6. The fourth-order valence-electron chi connectivity index (χ4n) is 2.87. The highest BCUT2D eigenvalue weighted by molar-refractivity contribution is 7.80. The Balaban J connectivity index is 1.60. The van der Waals surface area contributed by atoms with Crippen molar-refractivity contribution in [2.45, 2.75) is 19.0 Å². The van der Waals surface area contributed by atoms with Crippen LogP contribution in [-0.4, -0.2) is 29.0 Å². The SMILES string of the molecule is O=C(c1ccc(NC(=S)Nc2cccc(C(F)(F)F)c2)cc1)N1CCCC1. The maximum Gasteiger partial charge on any atom is 0.416 e. The first-order chi connectivity index (χ1) is 12.8. The summed E-state index contributed by atoms with van der Waals surface area (Å²) in [5.41, 5.74) is 0.722. The summed E-state index contributed by atoms with van der Waals surface area (Å²) in [6.07, 6.45) is -2.35. The second-order valence-corrected chi connectivity index (χ2v) is 6.64. The van der Waals surface area contributed by atoms with Gasteiger partial charge < -0.3 is 15.5 Å². The van der Waals surface area contributed by atoms with Gasteiger partial charge >= 0.3 is 6.18 Å². The Morgan fingerprint density at radius 1 is 0.963 bits per heavy atom. The fourth-order valence-corrected chi connectivity index (χ4v) is 3.10. The van der Waals surface area contributed by atoms with E-state index < -0.39 is 11.7 Å². The maximum atomic E-state index is 12.8. The van der Waals surface area contributed by atoms with Gasteiger partial charge in [-0.05, 0) is 67.5 Å². The average Bonchev–Trinajstić information content (AvgIpc) is 3.16. The van der Waals surface area contributed by atoms with E-state index in [-0.39, 0.29) is 16.7 Å². The van der Waals surface area contributed by atoms with Gasteiger partial charge in [0.1, 0.15) is 0 Å². The standard InChI is InChI=1S/C19H18F3N3OS/c20-19(21,22)14-4-3-5-16(12-14)24-18(27)23-15-8-6-13(7-9-15)17(26)25-10-1-2-11-25/h3-9,12H,1-2,10-11H2,(H2,23,24,27). The van der Waals surface area contributed by atoms with E-state index in [4.69, 9.17) is 12.2 Å². The topological polar surface area (TPSA) is 44.4 Å². The van der Waals surface area contributed by atoms with Gasteiger partial charge in [-0.1, -0.05) is 6.07 Å². The second-order valence-electron chi connectivity index (χ2n) is 6.23. The Kier molecular flexibility index (Phi) is 5.65. The molecule has 1 amide bonds. The van der Waals surface area contributed by atoms with Crippen molar-refractivity contribution in [3.63, 3.8) is 0 Å². The molecule has 1 aliphatic heterocycles. The molecule has 0 aliphatic carbocycles. The Morgan fingerprint density at radius 3 is 2.22 bits per heavy atom. The van der Waals surface area contributed by atoms with Crippen molar-refractivity contribution in [1.82, 2.24) is 4.90 Å². The molecule has 0 unspecified atom stereocenters. The summed E-state index contributed by atoms with van der Waals surface area (Å²) in [4.78, 5) is 14.1. The summed E-state index contributed by atoms with van der Waals surface area (Å²) in [5, 5.41) is 5.79. The minimum Gasteiger partial charge on any atom is -0.339 e. The lowest BCUT2D eigenvalue weighted by Crippen LogP contribution is -2.27. The van der Waals surface area contributed by atoms with E-state index in [1.807, 2.05) is 4.90 Å². The number of thiocarbonyl (C=S) groups is 1. The summed E-state index contributed by atoms with van der Waals surface area (Å²) in [6.45, 7) is 1.56. The number of hydrogen-bond acceptors (Lipinski definition) is 2. The number of benzene rings is 2. The lowest BCUT2D eigenvalue weighted by atomic mass is 10.2. The molecule has 3 rings (SSSR count). The third kappa shape index (κ3) is 4.97. The minimum absolute atomic E-state index is 0.00344. The lowest BCUT2D eigenvalue weighted by Gasteiger charge is -2.16. The highest BCUT2D eigenvalue weighted by atomic mass is 32.1.